The van der Waals surface area contributed by atoms with Crippen LogP contribution < -0.4 is 10.1 Å². The van der Waals surface area contributed by atoms with Crippen molar-refractivity contribution >= 4 is 28.5 Å². The molecule has 1 N–H and O–H groups in total. The zero-order chi connectivity index (χ0) is 20.1. The van der Waals surface area contributed by atoms with Crippen LogP contribution in [0.5, 0.6) is 5.75 Å². The third-order valence-corrected chi connectivity index (χ3v) is 5.83. The van der Waals surface area contributed by atoms with Crippen molar-refractivity contribution in [3.8, 4) is 5.75 Å². The van der Waals surface area contributed by atoms with Crippen molar-refractivity contribution in [2.24, 2.45) is 0 Å². The number of methoxy groups -OCH3 is 1. The van der Waals surface area contributed by atoms with E-state index in [2.05, 4.69) is 39.5 Å². The zero-order valence-corrected chi connectivity index (χ0v) is 17.1. The standard InChI is InChI=1S/C23H23N3O2S/c1-28-19-10-7-17(8-11-19)9-12-22(27)25-23-24-20-13-14-26(16-21(20)29-23)15-18-5-3-2-4-6-18/h2-12H,13-16H2,1H3,(H,24,25,27)/b12-9+. The molecule has 1 amide bonds. The van der Waals surface area contributed by atoms with Crippen LogP contribution in [0.2, 0.25) is 0 Å². The van der Waals surface area contributed by atoms with Gasteiger partial charge in [-0.3, -0.25) is 15.0 Å². The summed E-state index contributed by atoms with van der Waals surface area (Å²) in [5, 5.41) is 3.56. The van der Waals surface area contributed by atoms with E-state index >= 15 is 0 Å². The second kappa shape index (κ2) is 9.03. The molecule has 0 saturated carbocycles. The summed E-state index contributed by atoms with van der Waals surface area (Å²) in [4.78, 5) is 20.5. The first-order chi connectivity index (χ1) is 14.2. The maximum absolute atomic E-state index is 12.3. The average Bonchev–Trinajstić information content (AvgIpc) is 3.15. The number of nitrogens with one attached hydrogen (secondary N) is 1. The van der Waals surface area contributed by atoms with Gasteiger partial charge in [0, 0.05) is 37.0 Å². The molecular formula is C23H23N3O2S. The van der Waals surface area contributed by atoms with E-state index < -0.39 is 0 Å². The number of fused-ring (bicyclic) bond motifs is 1. The summed E-state index contributed by atoms with van der Waals surface area (Å²) in [6.45, 7) is 2.79. The number of hydrogen-bond acceptors (Lipinski definition) is 5. The number of nitrogens with zero attached hydrogens (tertiary/aromatic N) is 2. The number of anilines is 1. The summed E-state index contributed by atoms with van der Waals surface area (Å²) in [6, 6.07) is 18.1. The highest BCUT2D eigenvalue weighted by Gasteiger charge is 2.21. The first-order valence-electron chi connectivity index (χ1n) is 9.57. The molecule has 1 aliphatic rings. The van der Waals surface area contributed by atoms with Gasteiger partial charge < -0.3 is 4.74 Å². The lowest BCUT2D eigenvalue weighted by Crippen LogP contribution is -2.29. The fourth-order valence-electron chi connectivity index (χ4n) is 3.31. The molecule has 148 valence electrons. The van der Waals surface area contributed by atoms with Gasteiger partial charge in [0.15, 0.2) is 5.13 Å². The molecule has 0 saturated heterocycles. The third-order valence-electron chi connectivity index (χ3n) is 4.83. The van der Waals surface area contributed by atoms with Crippen molar-refractivity contribution in [1.82, 2.24) is 9.88 Å². The summed E-state index contributed by atoms with van der Waals surface area (Å²) in [6.07, 6.45) is 4.23. The number of hydrogen-bond donors (Lipinski definition) is 1. The first-order valence-corrected chi connectivity index (χ1v) is 10.4. The minimum Gasteiger partial charge on any atom is -0.497 e. The van der Waals surface area contributed by atoms with Crippen LogP contribution in [0, 0.1) is 0 Å². The Morgan fingerprint density at radius 3 is 2.76 bits per heavy atom. The Kier molecular flexibility index (Phi) is 6.03. The normalized spacial score (nSPS) is 14.0. The van der Waals surface area contributed by atoms with E-state index in [9.17, 15) is 4.79 Å². The van der Waals surface area contributed by atoms with E-state index in [-0.39, 0.29) is 5.91 Å². The summed E-state index contributed by atoms with van der Waals surface area (Å²) < 4.78 is 5.14. The summed E-state index contributed by atoms with van der Waals surface area (Å²) in [5.74, 6) is 0.620. The third kappa shape index (κ3) is 5.10. The van der Waals surface area contributed by atoms with Gasteiger partial charge in [-0.1, -0.05) is 42.5 Å². The maximum atomic E-state index is 12.3. The van der Waals surface area contributed by atoms with Crippen LogP contribution in [0.25, 0.3) is 6.08 Å². The molecule has 6 heteroatoms. The highest BCUT2D eigenvalue weighted by Crippen LogP contribution is 2.29. The van der Waals surface area contributed by atoms with Crippen molar-refractivity contribution in [1.29, 1.82) is 0 Å². The minimum absolute atomic E-state index is 0.173. The second-order valence-corrected chi connectivity index (χ2v) is 8.01. The molecule has 2 aromatic carbocycles. The van der Waals surface area contributed by atoms with E-state index in [1.807, 2.05) is 30.3 Å². The lowest BCUT2D eigenvalue weighted by molar-refractivity contribution is -0.111. The Hall–Kier alpha value is -2.96. The average molecular weight is 406 g/mol. The Balaban J connectivity index is 1.35. The van der Waals surface area contributed by atoms with E-state index in [4.69, 9.17) is 4.74 Å². The van der Waals surface area contributed by atoms with Crippen molar-refractivity contribution in [2.45, 2.75) is 19.5 Å². The minimum atomic E-state index is -0.173. The number of aromatic nitrogens is 1. The highest BCUT2D eigenvalue weighted by atomic mass is 32.1. The van der Waals surface area contributed by atoms with Crippen LogP contribution in [0.3, 0.4) is 0 Å². The van der Waals surface area contributed by atoms with Crippen molar-refractivity contribution in [3.05, 3.63) is 82.4 Å². The Labute approximate surface area is 174 Å². The lowest BCUT2D eigenvalue weighted by Gasteiger charge is -2.25. The van der Waals surface area contributed by atoms with Gasteiger partial charge in [0.2, 0.25) is 5.91 Å². The summed E-state index contributed by atoms with van der Waals surface area (Å²) in [7, 11) is 1.63. The largest absolute Gasteiger partial charge is 0.497 e. The lowest BCUT2D eigenvalue weighted by atomic mass is 10.1. The Morgan fingerprint density at radius 1 is 1.21 bits per heavy atom. The molecule has 5 nitrogen and oxygen atoms in total. The van der Waals surface area contributed by atoms with Gasteiger partial charge in [0.05, 0.1) is 12.8 Å². The molecule has 0 aliphatic carbocycles. The topological polar surface area (TPSA) is 54.5 Å². The van der Waals surface area contributed by atoms with E-state index in [0.29, 0.717) is 5.13 Å². The molecule has 0 bridgehead atoms. The fourth-order valence-corrected chi connectivity index (χ4v) is 4.37. The van der Waals surface area contributed by atoms with Gasteiger partial charge in [0.25, 0.3) is 0 Å². The summed E-state index contributed by atoms with van der Waals surface area (Å²) >= 11 is 1.57. The fraction of sp³-hybridized carbons (Fsp3) is 0.217. The van der Waals surface area contributed by atoms with Crippen LogP contribution in [-0.4, -0.2) is 29.4 Å². The van der Waals surface area contributed by atoms with Gasteiger partial charge in [-0.15, -0.1) is 11.3 Å². The van der Waals surface area contributed by atoms with Crippen LogP contribution in [0.15, 0.2) is 60.7 Å². The molecule has 2 heterocycles. The molecular weight excluding hydrogens is 382 g/mol. The van der Waals surface area contributed by atoms with E-state index in [1.165, 1.54) is 16.5 Å². The Bertz CT molecular complexity index is 997. The first kappa shape index (κ1) is 19.4. The van der Waals surface area contributed by atoms with Crippen molar-refractivity contribution in [3.63, 3.8) is 0 Å². The molecule has 0 radical (unpaired) electrons. The molecule has 1 aromatic heterocycles. The Morgan fingerprint density at radius 2 is 2.00 bits per heavy atom. The predicted octanol–water partition coefficient (Wildman–Crippen LogP) is 4.36. The molecule has 29 heavy (non-hydrogen) atoms. The highest BCUT2D eigenvalue weighted by molar-refractivity contribution is 7.15. The number of carbonyl (C=O) groups is 1. The zero-order valence-electron chi connectivity index (χ0n) is 16.3. The van der Waals surface area contributed by atoms with Gasteiger partial charge >= 0.3 is 0 Å². The van der Waals surface area contributed by atoms with Gasteiger partial charge in [0.1, 0.15) is 5.75 Å². The molecule has 0 spiro atoms. The van der Waals surface area contributed by atoms with Crippen LogP contribution in [-0.2, 0) is 24.3 Å². The van der Waals surface area contributed by atoms with Crippen LogP contribution in [0.4, 0.5) is 5.13 Å². The number of thiazole rings is 1. The SMILES string of the molecule is COc1ccc(/C=C/C(=O)Nc2nc3c(s2)CN(Cc2ccccc2)CC3)cc1. The maximum Gasteiger partial charge on any atom is 0.250 e. The van der Waals surface area contributed by atoms with Crippen molar-refractivity contribution in [2.75, 3.05) is 19.0 Å². The van der Waals surface area contributed by atoms with Crippen LogP contribution in [0.1, 0.15) is 21.7 Å². The number of amides is 1. The van der Waals surface area contributed by atoms with E-state index in [0.717, 1.165) is 43.1 Å². The van der Waals surface area contributed by atoms with Gasteiger partial charge in [-0.2, -0.15) is 0 Å². The number of rotatable bonds is 6. The molecule has 3 aromatic rings. The quantitative estimate of drug-likeness (QED) is 0.619. The van der Waals surface area contributed by atoms with Gasteiger partial charge in [-0.05, 0) is 29.3 Å². The van der Waals surface area contributed by atoms with E-state index in [1.54, 1.807) is 24.5 Å². The molecule has 1 aliphatic heterocycles. The monoisotopic (exact) mass is 405 g/mol. The van der Waals surface area contributed by atoms with Gasteiger partial charge in [-0.25, -0.2) is 4.98 Å². The molecule has 0 unspecified atom stereocenters. The molecule has 0 atom stereocenters. The molecule has 0 fully saturated rings. The smallest absolute Gasteiger partial charge is 0.250 e. The number of ether oxygens (including phenoxy) is 1. The molecule has 4 rings (SSSR count). The summed E-state index contributed by atoms with van der Waals surface area (Å²) in [5.41, 5.74) is 3.36. The predicted molar refractivity (Wildman–Crippen MR) is 117 cm³/mol. The number of benzene rings is 2. The second-order valence-electron chi connectivity index (χ2n) is 6.93. The number of carbonyl (C=O) groups excluding carboxylic acids is 1. The van der Waals surface area contributed by atoms with Crippen LogP contribution >= 0.6 is 11.3 Å². The van der Waals surface area contributed by atoms with Crippen molar-refractivity contribution < 1.29 is 9.53 Å².